The number of rotatable bonds is 0. The zero-order valence-electron chi connectivity index (χ0n) is 9.74. The van der Waals surface area contributed by atoms with Crippen molar-refractivity contribution < 1.29 is 9.59 Å². The molecule has 3 heteroatoms. The lowest BCUT2D eigenvalue weighted by Crippen LogP contribution is -2.06. The molecule has 0 saturated heterocycles. The maximum Gasteiger partial charge on any atom is 0.234 e. The molecule has 0 fully saturated rings. The highest BCUT2D eigenvalue weighted by Gasteiger charge is 2.32. The number of Topliss-reactive ketones (excluding diaryl/α,β-unsaturated/α-hetero) is 2. The van der Waals surface area contributed by atoms with E-state index in [0.717, 1.165) is 21.5 Å². The Bertz CT molecular complexity index is 909. The summed E-state index contributed by atoms with van der Waals surface area (Å²) in [5.41, 5.74) is 0.995. The smallest absolute Gasteiger partial charge is 0.234 e. The summed E-state index contributed by atoms with van der Waals surface area (Å²) in [6, 6.07) is 12.8. The van der Waals surface area contributed by atoms with Gasteiger partial charge in [0, 0.05) is 21.5 Å². The molecule has 0 amide bonds. The molecule has 2 nitrogen and oxygen atoms in total. The number of hydrogen-bond acceptors (Lipinski definition) is 2. The second-order valence-electron chi connectivity index (χ2n) is 4.68. The van der Waals surface area contributed by atoms with Gasteiger partial charge in [0.05, 0.1) is 0 Å². The maximum absolute atomic E-state index is 12.2. The van der Waals surface area contributed by atoms with Gasteiger partial charge in [-0.05, 0) is 34.4 Å². The summed E-state index contributed by atoms with van der Waals surface area (Å²) >= 11 is 6.00. The predicted molar refractivity (Wildman–Crippen MR) is 75.1 cm³/mol. The molecular weight excluding hydrogens is 260 g/mol. The number of carbonyl (C=O) groups excluding carboxylic acids is 2. The van der Waals surface area contributed by atoms with E-state index in [0.29, 0.717) is 16.1 Å². The normalized spacial score (nSPS) is 13.7. The first-order valence-corrected chi connectivity index (χ1v) is 6.28. The average molecular weight is 267 g/mol. The fourth-order valence-electron chi connectivity index (χ4n) is 2.80. The van der Waals surface area contributed by atoms with Crippen molar-refractivity contribution in [1.29, 1.82) is 0 Å². The molecule has 0 aromatic heterocycles. The van der Waals surface area contributed by atoms with Crippen molar-refractivity contribution in [3.63, 3.8) is 0 Å². The maximum atomic E-state index is 12.2. The van der Waals surface area contributed by atoms with Crippen LogP contribution >= 0.6 is 11.6 Å². The van der Waals surface area contributed by atoms with Gasteiger partial charge in [-0.3, -0.25) is 9.59 Å². The topological polar surface area (TPSA) is 34.1 Å². The fourth-order valence-corrected chi connectivity index (χ4v) is 2.98. The van der Waals surface area contributed by atoms with E-state index in [1.807, 2.05) is 18.2 Å². The lowest BCUT2D eigenvalue weighted by Gasteiger charge is -2.05. The van der Waals surface area contributed by atoms with E-state index in [1.54, 1.807) is 24.3 Å². The monoisotopic (exact) mass is 266 g/mol. The third-order valence-electron chi connectivity index (χ3n) is 3.62. The number of halogens is 1. The predicted octanol–water partition coefficient (Wildman–Crippen LogP) is 4.03. The SMILES string of the molecule is O=C1C(=O)c2c3cc(Cl)ccc3cc3cccc1c23. The van der Waals surface area contributed by atoms with Gasteiger partial charge >= 0.3 is 0 Å². The molecule has 0 saturated carbocycles. The molecule has 0 radical (unpaired) electrons. The lowest BCUT2D eigenvalue weighted by molar-refractivity contribution is 0.0826. The van der Waals surface area contributed by atoms with Crippen LogP contribution < -0.4 is 0 Å². The lowest BCUT2D eigenvalue weighted by atomic mass is 9.98. The Balaban J connectivity index is 2.35. The van der Waals surface area contributed by atoms with E-state index < -0.39 is 11.6 Å². The van der Waals surface area contributed by atoms with Crippen molar-refractivity contribution >= 4 is 44.7 Å². The van der Waals surface area contributed by atoms with Gasteiger partial charge in [-0.25, -0.2) is 0 Å². The minimum atomic E-state index is -0.431. The number of fused-ring (bicyclic) bond motifs is 2. The summed E-state index contributed by atoms with van der Waals surface area (Å²) in [7, 11) is 0. The highest BCUT2D eigenvalue weighted by Crippen LogP contribution is 2.37. The van der Waals surface area contributed by atoms with Crippen LogP contribution in [0.3, 0.4) is 0 Å². The third-order valence-corrected chi connectivity index (χ3v) is 3.86. The van der Waals surface area contributed by atoms with Crippen molar-refractivity contribution in [3.8, 4) is 0 Å². The van der Waals surface area contributed by atoms with Crippen LogP contribution in [0, 0.1) is 0 Å². The zero-order valence-corrected chi connectivity index (χ0v) is 10.5. The van der Waals surface area contributed by atoms with Crippen LogP contribution in [0.25, 0.3) is 21.5 Å². The Hall–Kier alpha value is -2.19. The van der Waals surface area contributed by atoms with Crippen molar-refractivity contribution in [1.82, 2.24) is 0 Å². The molecule has 90 valence electrons. The highest BCUT2D eigenvalue weighted by molar-refractivity contribution is 6.59. The van der Waals surface area contributed by atoms with E-state index in [4.69, 9.17) is 11.6 Å². The third kappa shape index (κ3) is 1.27. The van der Waals surface area contributed by atoms with Crippen molar-refractivity contribution in [2.75, 3.05) is 0 Å². The van der Waals surface area contributed by atoms with Gasteiger partial charge in [0.15, 0.2) is 0 Å². The summed E-state index contributed by atoms with van der Waals surface area (Å²) in [6.07, 6.45) is 0. The minimum Gasteiger partial charge on any atom is -0.285 e. The summed E-state index contributed by atoms with van der Waals surface area (Å²) in [5.74, 6) is -0.854. The fraction of sp³-hybridized carbons (Fsp3) is 0. The zero-order chi connectivity index (χ0) is 13.1. The number of benzene rings is 3. The van der Waals surface area contributed by atoms with Gasteiger partial charge in [-0.2, -0.15) is 0 Å². The molecular formula is C16H7ClO2. The van der Waals surface area contributed by atoms with E-state index >= 15 is 0 Å². The molecule has 1 aliphatic rings. The Morgan fingerprint density at radius 1 is 0.842 bits per heavy atom. The summed E-state index contributed by atoms with van der Waals surface area (Å²) in [5, 5.41) is 3.91. The summed E-state index contributed by atoms with van der Waals surface area (Å²) in [6.45, 7) is 0. The van der Waals surface area contributed by atoms with Crippen LogP contribution in [0.4, 0.5) is 0 Å². The largest absolute Gasteiger partial charge is 0.285 e. The number of carbonyl (C=O) groups is 2. The molecule has 19 heavy (non-hydrogen) atoms. The summed E-state index contributed by atoms with van der Waals surface area (Å²) < 4.78 is 0. The number of ketones is 2. The Morgan fingerprint density at radius 3 is 2.53 bits per heavy atom. The summed E-state index contributed by atoms with van der Waals surface area (Å²) in [4.78, 5) is 24.2. The molecule has 0 spiro atoms. The van der Waals surface area contributed by atoms with Crippen LogP contribution in [0.15, 0.2) is 42.5 Å². The molecule has 4 rings (SSSR count). The van der Waals surface area contributed by atoms with Crippen molar-refractivity contribution in [2.24, 2.45) is 0 Å². The van der Waals surface area contributed by atoms with Crippen molar-refractivity contribution in [3.05, 3.63) is 58.6 Å². The first-order chi connectivity index (χ1) is 9.16. The highest BCUT2D eigenvalue weighted by atomic mass is 35.5. The first-order valence-electron chi connectivity index (χ1n) is 5.91. The Morgan fingerprint density at radius 2 is 1.68 bits per heavy atom. The van der Waals surface area contributed by atoms with E-state index in [9.17, 15) is 9.59 Å². The van der Waals surface area contributed by atoms with Gasteiger partial charge < -0.3 is 0 Å². The first kappa shape index (κ1) is 10.7. The van der Waals surface area contributed by atoms with E-state index in [-0.39, 0.29) is 0 Å². The van der Waals surface area contributed by atoms with Crippen LogP contribution in [0.1, 0.15) is 20.7 Å². The quantitative estimate of drug-likeness (QED) is 0.455. The van der Waals surface area contributed by atoms with Crippen LogP contribution in [-0.4, -0.2) is 11.6 Å². The molecule has 0 bridgehead atoms. The van der Waals surface area contributed by atoms with E-state index in [1.165, 1.54) is 0 Å². The van der Waals surface area contributed by atoms with E-state index in [2.05, 4.69) is 0 Å². The Kier molecular flexibility index (Phi) is 1.93. The van der Waals surface area contributed by atoms with Gasteiger partial charge in [0.2, 0.25) is 11.6 Å². The second-order valence-corrected chi connectivity index (χ2v) is 5.12. The van der Waals surface area contributed by atoms with Gasteiger partial charge in [-0.1, -0.05) is 35.9 Å². The van der Waals surface area contributed by atoms with Gasteiger partial charge in [-0.15, -0.1) is 0 Å². The minimum absolute atomic E-state index is 0.423. The number of hydrogen-bond donors (Lipinski definition) is 0. The van der Waals surface area contributed by atoms with Gasteiger partial charge in [0.25, 0.3) is 0 Å². The molecule has 0 heterocycles. The molecule has 1 aliphatic carbocycles. The van der Waals surface area contributed by atoms with Crippen LogP contribution in [0.5, 0.6) is 0 Å². The van der Waals surface area contributed by atoms with Crippen LogP contribution in [-0.2, 0) is 0 Å². The average Bonchev–Trinajstić information content (AvgIpc) is 2.67. The molecule has 0 atom stereocenters. The molecule has 3 aromatic carbocycles. The Labute approximate surface area is 113 Å². The van der Waals surface area contributed by atoms with Crippen molar-refractivity contribution in [2.45, 2.75) is 0 Å². The second kappa shape index (κ2) is 3.43. The molecule has 0 aliphatic heterocycles. The molecule has 0 N–H and O–H groups in total. The standard InChI is InChI=1S/C16H7ClO2/c17-10-5-4-8-6-9-2-1-3-11-13(9)14(12(8)7-10)16(19)15(11)18/h1-7H. The molecule has 0 unspecified atom stereocenters. The van der Waals surface area contributed by atoms with Gasteiger partial charge in [0.1, 0.15) is 0 Å². The molecule has 3 aromatic rings. The van der Waals surface area contributed by atoms with Crippen LogP contribution in [0.2, 0.25) is 5.02 Å².